The van der Waals surface area contributed by atoms with Crippen LogP contribution in [0.3, 0.4) is 0 Å². The summed E-state index contributed by atoms with van der Waals surface area (Å²) in [5, 5.41) is 3.52. The molecule has 0 unspecified atom stereocenters. The summed E-state index contributed by atoms with van der Waals surface area (Å²) in [6, 6.07) is 23.6. The molecule has 0 aliphatic carbocycles. The third kappa shape index (κ3) is 7.60. The minimum atomic E-state index is -0.713. The van der Waals surface area contributed by atoms with Crippen LogP contribution in [-0.4, -0.2) is 24.6 Å². The second-order valence-corrected chi connectivity index (χ2v) is 9.02. The first kappa shape index (κ1) is 25.8. The lowest BCUT2D eigenvalue weighted by atomic mass is 9.96. The molecule has 6 nitrogen and oxygen atoms in total. The van der Waals surface area contributed by atoms with Gasteiger partial charge in [0.15, 0.2) is 0 Å². The maximum absolute atomic E-state index is 11.9. The summed E-state index contributed by atoms with van der Waals surface area (Å²) in [6.07, 6.45) is 1.24. The maximum atomic E-state index is 11.9. The summed E-state index contributed by atoms with van der Waals surface area (Å²) >= 11 is 0. The molecule has 0 saturated heterocycles. The van der Waals surface area contributed by atoms with Crippen LogP contribution in [0.5, 0.6) is 0 Å². The summed E-state index contributed by atoms with van der Waals surface area (Å²) in [5.41, 5.74) is 13.0. The predicted octanol–water partition coefficient (Wildman–Crippen LogP) is 6.06. The summed E-state index contributed by atoms with van der Waals surface area (Å²) in [7, 11) is 0. The van der Waals surface area contributed by atoms with E-state index in [1.807, 2.05) is 4.90 Å². The van der Waals surface area contributed by atoms with Gasteiger partial charge in [-0.2, -0.15) is 0 Å². The molecule has 2 amide bonds. The lowest BCUT2D eigenvalue weighted by Gasteiger charge is -2.29. The number of carbonyl (C=O) groups is 2. The average molecular weight is 474 g/mol. The van der Waals surface area contributed by atoms with Gasteiger partial charge in [-0.1, -0.05) is 48.0 Å². The van der Waals surface area contributed by atoms with Crippen molar-refractivity contribution in [3.63, 3.8) is 0 Å². The van der Waals surface area contributed by atoms with Gasteiger partial charge in [0.05, 0.1) is 6.10 Å². The minimum Gasteiger partial charge on any atom is -0.447 e. The van der Waals surface area contributed by atoms with Crippen LogP contribution in [0.15, 0.2) is 66.7 Å². The predicted molar refractivity (Wildman–Crippen MR) is 143 cm³/mol. The van der Waals surface area contributed by atoms with Gasteiger partial charge < -0.3 is 20.7 Å². The van der Waals surface area contributed by atoms with Crippen LogP contribution in [0.4, 0.5) is 16.2 Å². The standard InChI is InChI=1S/C25H26N2O.C4H9NO2/c1-18-8-10-20(11-9-18)17-26-24-7-3-5-21(16-24)22-12-13-25-23(15-22)6-4-14-27(25)19(2)28;1-3(2)7-4(5)6/h3,5,7-13,15-16,26H,4,6,14,17H2,1-2H3;3H,1-2H3,(H2,5,6). The molecule has 0 aromatic heterocycles. The molecular formula is C29H35N3O3. The number of aryl methyl sites for hydroxylation is 2. The molecule has 0 radical (unpaired) electrons. The Balaban J connectivity index is 0.000000429. The van der Waals surface area contributed by atoms with Crippen molar-refractivity contribution in [1.82, 2.24) is 0 Å². The van der Waals surface area contributed by atoms with Crippen LogP contribution in [-0.2, 0) is 22.5 Å². The third-order valence-electron chi connectivity index (χ3n) is 5.74. The Morgan fingerprint density at radius 3 is 2.37 bits per heavy atom. The lowest BCUT2D eigenvalue weighted by molar-refractivity contribution is -0.116. The van der Waals surface area contributed by atoms with Gasteiger partial charge in [-0.25, -0.2) is 4.79 Å². The second kappa shape index (κ2) is 12.1. The molecule has 0 bridgehead atoms. The number of carbonyl (C=O) groups excluding carboxylic acids is 2. The number of hydrogen-bond donors (Lipinski definition) is 2. The van der Waals surface area contributed by atoms with E-state index < -0.39 is 6.09 Å². The SMILES string of the molecule is CC(=O)N1CCCc2cc(-c3cccc(NCc4ccc(C)cc4)c3)ccc21.CC(C)OC(N)=O. The number of hydrogen-bond acceptors (Lipinski definition) is 4. The van der Waals surface area contributed by atoms with Gasteiger partial charge in [0, 0.05) is 31.4 Å². The molecule has 3 N–H and O–H groups in total. The first-order valence-electron chi connectivity index (χ1n) is 12.0. The van der Waals surface area contributed by atoms with Crippen LogP contribution in [0.25, 0.3) is 11.1 Å². The molecule has 1 aliphatic heterocycles. The van der Waals surface area contributed by atoms with Crippen molar-refractivity contribution in [2.75, 3.05) is 16.8 Å². The number of nitrogens with zero attached hydrogens (tertiary/aromatic N) is 1. The zero-order chi connectivity index (χ0) is 25.4. The summed E-state index contributed by atoms with van der Waals surface area (Å²) in [6.45, 7) is 8.86. The fourth-order valence-electron chi connectivity index (χ4n) is 4.05. The fourth-order valence-corrected chi connectivity index (χ4v) is 4.05. The van der Waals surface area contributed by atoms with Crippen molar-refractivity contribution < 1.29 is 14.3 Å². The van der Waals surface area contributed by atoms with E-state index in [4.69, 9.17) is 0 Å². The van der Waals surface area contributed by atoms with Crippen molar-refractivity contribution in [2.45, 2.75) is 53.2 Å². The van der Waals surface area contributed by atoms with Crippen molar-refractivity contribution in [3.8, 4) is 11.1 Å². The Morgan fingerprint density at radius 2 is 1.74 bits per heavy atom. The van der Waals surface area contributed by atoms with Gasteiger partial charge in [0.25, 0.3) is 0 Å². The highest BCUT2D eigenvalue weighted by Crippen LogP contribution is 2.32. The lowest BCUT2D eigenvalue weighted by Crippen LogP contribution is -2.33. The first-order chi connectivity index (χ1) is 16.7. The van der Waals surface area contributed by atoms with E-state index in [-0.39, 0.29) is 12.0 Å². The molecule has 0 spiro atoms. The fraction of sp³-hybridized carbons (Fsp3) is 0.310. The molecule has 3 aromatic carbocycles. The summed E-state index contributed by atoms with van der Waals surface area (Å²) < 4.78 is 4.39. The van der Waals surface area contributed by atoms with Crippen LogP contribution < -0.4 is 16.0 Å². The van der Waals surface area contributed by atoms with Crippen molar-refractivity contribution in [2.24, 2.45) is 5.73 Å². The average Bonchev–Trinajstić information content (AvgIpc) is 2.82. The van der Waals surface area contributed by atoms with E-state index in [0.717, 1.165) is 37.3 Å². The van der Waals surface area contributed by atoms with E-state index in [1.165, 1.54) is 27.8 Å². The highest BCUT2D eigenvalue weighted by Gasteiger charge is 2.20. The normalized spacial score (nSPS) is 12.3. The molecule has 4 rings (SSSR count). The molecule has 0 atom stereocenters. The number of nitrogens with one attached hydrogen (secondary N) is 1. The van der Waals surface area contributed by atoms with E-state index in [0.29, 0.717) is 0 Å². The molecule has 35 heavy (non-hydrogen) atoms. The van der Waals surface area contributed by atoms with E-state index in [2.05, 4.69) is 89.4 Å². The van der Waals surface area contributed by atoms with Gasteiger partial charge in [0.1, 0.15) is 0 Å². The van der Waals surface area contributed by atoms with Gasteiger partial charge in [-0.3, -0.25) is 4.79 Å². The zero-order valence-electron chi connectivity index (χ0n) is 21.0. The van der Waals surface area contributed by atoms with Crippen LogP contribution in [0.1, 0.15) is 43.9 Å². The smallest absolute Gasteiger partial charge is 0.404 e. The number of benzene rings is 3. The molecule has 184 valence electrons. The number of anilines is 2. The summed E-state index contributed by atoms with van der Waals surface area (Å²) in [5.74, 6) is 0.121. The Hall–Kier alpha value is -3.80. The third-order valence-corrected chi connectivity index (χ3v) is 5.74. The monoisotopic (exact) mass is 473 g/mol. The Kier molecular flexibility index (Phi) is 8.90. The molecule has 1 aliphatic rings. The topological polar surface area (TPSA) is 84.7 Å². The Labute approximate surface area is 208 Å². The largest absolute Gasteiger partial charge is 0.447 e. The van der Waals surface area contributed by atoms with Gasteiger partial charge in [-0.05, 0) is 80.1 Å². The molecule has 3 aromatic rings. The number of ether oxygens (including phenoxy) is 1. The molecule has 0 fully saturated rings. The van der Waals surface area contributed by atoms with Crippen LogP contribution in [0, 0.1) is 6.92 Å². The quantitative estimate of drug-likeness (QED) is 0.471. The molecule has 0 saturated carbocycles. The Bertz CT molecular complexity index is 1160. The van der Waals surface area contributed by atoms with Crippen molar-refractivity contribution >= 4 is 23.4 Å². The number of fused-ring (bicyclic) bond motifs is 1. The maximum Gasteiger partial charge on any atom is 0.404 e. The van der Waals surface area contributed by atoms with E-state index >= 15 is 0 Å². The Morgan fingerprint density at radius 1 is 1.03 bits per heavy atom. The van der Waals surface area contributed by atoms with Crippen LogP contribution in [0.2, 0.25) is 0 Å². The van der Waals surface area contributed by atoms with E-state index in [9.17, 15) is 9.59 Å². The first-order valence-corrected chi connectivity index (χ1v) is 12.0. The van der Waals surface area contributed by atoms with Gasteiger partial charge >= 0.3 is 6.09 Å². The van der Waals surface area contributed by atoms with Gasteiger partial charge in [-0.15, -0.1) is 0 Å². The molecule has 6 heteroatoms. The number of nitrogens with two attached hydrogens (primary N) is 1. The molecule has 1 heterocycles. The zero-order valence-corrected chi connectivity index (χ0v) is 21.0. The highest BCUT2D eigenvalue weighted by atomic mass is 16.6. The van der Waals surface area contributed by atoms with Crippen LogP contribution >= 0.6 is 0 Å². The minimum absolute atomic E-state index is 0.0995. The number of rotatable bonds is 5. The van der Waals surface area contributed by atoms with Crippen molar-refractivity contribution in [1.29, 1.82) is 0 Å². The number of primary amides is 1. The summed E-state index contributed by atoms with van der Waals surface area (Å²) in [4.78, 5) is 23.6. The van der Waals surface area contributed by atoms with Gasteiger partial charge in [0.2, 0.25) is 5.91 Å². The van der Waals surface area contributed by atoms with E-state index in [1.54, 1.807) is 20.8 Å². The number of amides is 2. The molecular weight excluding hydrogens is 438 g/mol. The van der Waals surface area contributed by atoms with Crippen molar-refractivity contribution in [3.05, 3.63) is 83.4 Å². The second-order valence-electron chi connectivity index (χ2n) is 9.02. The highest BCUT2D eigenvalue weighted by molar-refractivity contribution is 5.93.